The molecule has 35 heavy (non-hydrogen) atoms. The zero-order chi connectivity index (χ0) is 25.5. The Morgan fingerprint density at radius 3 is 2.40 bits per heavy atom. The molecule has 0 radical (unpaired) electrons. The number of anilines is 2. The quantitative estimate of drug-likeness (QED) is 0.220. The van der Waals surface area contributed by atoms with Crippen molar-refractivity contribution in [2.24, 2.45) is 0 Å². The van der Waals surface area contributed by atoms with Gasteiger partial charge in [-0.25, -0.2) is 0 Å². The zero-order valence-electron chi connectivity index (χ0n) is 18.8. The van der Waals surface area contributed by atoms with E-state index >= 15 is 0 Å². The standard InChI is InChI=1S/C26H20Br2ClN3O3/c1-15-5-3-8-23(16(15)2)32-24(33)14-35-25-21(27)10-17(11-22(25)28)9-18(13-30)26(34)31-20-7-4-6-19(29)12-20/h3-12H,14H2,1-2H3,(H,31,34)(H,32,33)/b18-9-. The first-order valence-electron chi connectivity index (χ1n) is 10.3. The van der Waals surface area contributed by atoms with E-state index in [1.807, 2.05) is 38.1 Å². The lowest BCUT2D eigenvalue weighted by atomic mass is 10.1. The number of benzene rings is 3. The fourth-order valence-corrected chi connectivity index (χ4v) is 4.73. The number of hydrogen-bond donors (Lipinski definition) is 2. The van der Waals surface area contributed by atoms with Crippen LogP contribution in [0.5, 0.6) is 5.75 Å². The van der Waals surface area contributed by atoms with Crippen LogP contribution in [0.2, 0.25) is 5.02 Å². The average Bonchev–Trinajstić information content (AvgIpc) is 2.80. The van der Waals surface area contributed by atoms with Crippen molar-refractivity contribution in [2.45, 2.75) is 13.8 Å². The number of nitrogens with one attached hydrogen (secondary N) is 2. The summed E-state index contributed by atoms with van der Waals surface area (Å²) in [6, 6.07) is 17.6. The summed E-state index contributed by atoms with van der Waals surface area (Å²) in [6.07, 6.45) is 1.45. The molecule has 0 aliphatic heterocycles. The van der Waals surface area contributed by atoms with Crippen molar-refractivity contribution in [1.82, 2.24) is 0 Å². The fraction of sp³-hybridized carbons (Fsp3) is 0.115. The number of amides is 2. The summed E-state index contributed by atoms with van der Waals surface area (Å²) in [4.78, 5) is 24.9. The van der Waals surface area contributed by atoms with Crippen molar-refractivity contribution in [3.63, 3.8) is 0 Å². The molecule has 3 aromatic carbocycles. The van der Waals surface area contributed by atoms with Crippen molar-refractivity contribution in [2.75, 3.05) is 17.2 Å². The number of ether oxygens (including phenoxy) is 1. The summed E-state index contributed by atoms with van der Waals surface area (Å²) < 4.78 is 6.81. The van der Waals surface area contributed by atoms with Crippen LogP contribution in [0.25, 0.3) is 6.08 Å². The number of nitriles is 1. The third-order valence-corrected chi connectivity index (χ3v) is 6.42. The minimum atomic E-state index is -0.564. The van der Waals surface area contributed by atoms with Crippen molar-refractivity contribution >= 4 is 72.7 Å². The Morgan fingerprint density at radius 2 is 1.74 bits per heavy atom. The molecule has 0 bridgehead atoms. The van der Waals surface area contributed by atoms with E-state index in [9.17, 15) is 14.9 Å². The molecule has 3 aromatic rings. The van der Waals surface area contributed by atoms with Crippen LogP contribution in [0.4, 0.5) is 11.4 Å². The molecule has 0 heterocycles. The van der Waals surface area contributed by atoms with E-state index in [1.54, 1.807) is 36.4 Å². The van der Waals surface area contributed by atoms with Gasteiger partial charge < -0.3 is 15.4 Å². The van der Waals surface area contributed by atoms with Crippen LogP contribution in [0.1, 0.15) is 16.7 Å². The normalized spacial score (nSPS) is 10.9. The minimum absolute atomic E-state index is 0.0923. The van der Waals surface area contributed by atoms with Gasteiger partial charge in [0.2, 0.25) is 0 Å². The molecule has 0 atom stereocenters. The number of carbonyl (C=O) groups is 2. The first-order valence-corrected chi connectivity index (χ1v) is 12.3. The first-order chi connectivity index (χ1) is 16.7. The molecular weight excluding hydrogens is 598 g/mol. The summed E-state index contributed by atoms with van der Waals surface area (Å²) in [5, 5.41) is 15.5. The Hall–Kier alpha value is -3.12. The van der Waals surface area contributed by atoms with Crippen molar-refractivity contribution in [3.8, 4) is 11.8 Å². The van der Waals surface area contributed by atoms with Crippen LogP contribution in [-0.2, 0) is 9.59 Å². The maximum Gasteiger partial charge on any atom is 0.266 e. The van der Waals surface area contributed by atoms with Crippen molar-refractivity contribution in [1.29, 1.82) is 5.26 Å². The Balaban J connectivity index is 1.70. The van der Waals surface area contributed by atoms with Crippen LogP contribution in [-0.4, -0.2) is 18.4 Å². The topological polar surface area (TPSA) is 91.2 Å². The summed E-state index contributed by atoms with van der Waals surface area (Å²) in [5.41, 5.74) is 3.77. The second kappa shape index (κ2) is 12.0. The molecule has 0 aliphatic carbocycles. The molecule has 9 heteroatoms. The maximum atomic E-state index is 12.5. The number of hydrogen-bond acceptors (Lipinski definition) is 4. The van der Waals surface area contributed by atoms with Gasteiger partial charge in [-0.05, 0) is 105 Å². The van der Waals surface area contributed by atoms with E-state index in [0.29, 0.717) is 31.0 Å². The molecule has 3 rings (SSSR count). The highest BCUT2D eigenvalue weighted by atomic mass is 79.9. The van der Waals surface area contributed by atoms with Gasteiger partial charge in [0, 0.05) is 16.4 Å². The third-order valence-electron chi connectivity index (χ3n) is 5.01. The molecule has 0 saturated carbocycles. The van der Waals surface area contributed by atoms with Crippen LogP contribution >= 0.6 is 43.5 Å². The molecule has 0 spiro atoms. The van der Waals surface area contributed by atoms with E-state index in [2.05, 4.69) is 42.5 Å². The third kappa shape index (κ3) is 7.18. The van der Waals surface area contributed by atoms with Crippen LogP contribution < -0.4 is 15.4 Å². The molecule has 2 N–H and O–H groups in total. The summed E-state index contributed by atoms with van der Waals surface area (Å²) >= 11 is 12.8. The summed E-state index contributed by atoms with van der Waals surface area (Å²) in [7, 11) is 0. The molecule has 178 valence electrons. The van der Waals surface area contributed by atoms with Crippen molar-refractivity contribution < 1.29 is 14.3 Å². The van der Waals surface area contributed by atoms with Gasteiger partial charge >= 0.3 is 0 Å². The van der Waals surface area contributed by atoms with Gasteiger partial charge in [-0.15, -0.1) is 0 Å². The van der Waals surface area contributed by atoms with Crippen LogP contribution in [0.15, 0.2) is 69.1 Å². The van der Waals surface area contributed by atoms with Crippen molar-refractivity contribution in [3.05, 3.63) is 90.8 Å². The minimum Gasteiger partial charge on any atom is -0.481 e. The molecule has 0 aromatic heterocycles. The van der Waals surface area contributed by atoms with Gasteiger partial charge in [-0.3, -0.25) is 9.59 Å². The summed E-state index contributed by atoms with van der Waals surface area (Å²) in [6.45, 7) is 3.71. The second-order valence-electron chi connectivity index (χ2n) is 7.53. The predicted molar refractivity (Wildman–Crippen MR) is 146 cm³/mol. The van der Waals surface area contributed by atoms with E-state index < -0.39 is 5.91 Å². The predicted octanol–water partition coefficient (Wildman–Crippen LogP) is 7.05. The van der Waals surface area contributed by atoms with Crippen LogP contribution in [0.3, 0.4) is 0 Å². The lowest BCUT2D eigenvalue weighted by Crippen LogP contribution is -2.21. The average molecular weight is 618 g/mol. The lowest BCUT2D eigenvalue weighted by molar-refractivity contribution is -0.118. The van der Waals surface area contributed by atoms with Gasteiger partial charge in [0.15, 0.2) is 6.61 Å². The highest BCUT2D eigenvalue weighted by Crippen LogP contribution is 2.35. The highest BCUT2D eigenvalue weighted by molar-refractivity contribution is 9.11. The van der Waals surface area contributed by atoms with E-state index in [0.717, 1.165) is 16.8 Å². The van der Waals surface area contributed by atoms with Gasteiger partial charge in [0.1, 0.15) is 17.4 Å². The smallest absolute Gasteiger partial charge is 0.266 e. The molecule has 0 aliphatic rings. The van der Waals surface area contributed by atoms with E-state index in [-0.39, 0.29) is 18.1 Å². The van der Waals surface area contributed by atoms with Crippen LogP contribution in [0, 0.1) is 25.2 Å². The molecule has 6 nitrogen and oxygen atoms in total. The maximum absolute atomic E-state index is 12.5. The largest absolute Gasteiger partial charge is 0.481 e. The SMILES string of the molecule is Cc1cccc(NC(=O)COc2c(Br)cc(/C=C(/C#N)C(=O)Nc3cccc(Cl)c3)cc2Br)c1C. The second-order valence-corrected chi connectivity index (χ2v) is 9.68. The zero-order valence-corrected chi connectivity index (χ0v) is 22.7. The van der Waals surface area contributed by atoms with E-state index in [1.165, 1.54) is 6.08 Å². The number of nitrogens with zero attached hydrogens (tertiary/aromatic N) is 1. The molecule has 0 fully saturated rings. The number of carbonyl (C=O) groups excluding carboxylic acids is 2. The lowest BCUT2D eigenvalue weighted by Gasteiger charge is -2.13. The fourth-order valence-electron chi connectivity index (χ4n) is 3.09. The monoisotopic (exact) mass is 615 g/mol. The van der Waals surface area contributed by atoms with Gasteiger partial charge in [0.25, 0.3) is 11.8 Å². The number of halogens is 3. The number of rotatable bonds is 7. The molecular formula is C26H20Br2ClN3O3. The highest BCUT2D eigenvalue weighted by Gasteiger charge is 2.14. The molecule has 0 saturated heterocycles. The Morgan fingerprint density at radius 1 is 1.06 bits per heavy atom. The summed E-state index contributed by atoms with van der Waals surface area (Å²) in [5.74, 6) is -0.448. The number of aryl methyl sites for hydroxylation is 1. The molecule has 0 unspecified atom stereocenters. The van der Waals surface area contributed by atoms with Gasteiger partial charge in [-0.1, -0.05) is 29.8 Å². The van der Waals surface area contributed by atoms with Gasteiger partial charge in [-0.2, -0.15) is 5.26 Å². The Kier molecular flexibility index (Phi) is 9.10. The molecule has 2 amide bonds. The Labute approximate surface area is 225 Å². The Bertz CT molecular complexity index is 1340. The first kappa shape index (κ1) is 26.5. The van der Waals surface area contributed by atoms with E-state index in [4.69, 9.17) is 16.3 Å². The van der Waals surface area contributed by atoms with Gasteiger partial charge in [0.05, 0.1) is 8.95 Å².